The predicted octanol–water partition coefficient (Wildman–Crippen LogP) is 1.73. The van der Waals surface area contributed by atoms with Gasteiger partial charge in [0, 0.05) is 29.8 Å². The molecule has 0 aromatic carbocycles. The molecule has 2 aromatic heterocycles. The summed E-state index contributed by atoms with van der Waals surface area (Å²) in [5, 5.41) is 0. The summed E-state index contributed by atoms with van der Waals surface area (Å²) in [6.07, 6.45) is 5.06. The largest absolute Gasteiger partial charge is 0.480 e. The number of pyridine rings is 2. The Morgan fingerprint density at radius 2 is 2.13 bits per heavy atom. The summed E-state index contributed by atoms with van der Waals surface area (Å²) < 4.78 is 5.16. The molecular formula is C11H11N3O. The average Bonchev–Trinajstić information content (AvgIpc) is 2.29. The Balaban J connectivity index is 2.61. The summed E-state index contributed by atoms with van der Waals surface area (Å²) in [6.45, 7) is 0. The molecule has 0 radical (unpaired) electrons. The number of hydrogen-bond donors (Lipinski definition) is 1. The molecule has 0 aliphatic rings. The van der Waals surface area contributed by atoms with E-state index in [1.54, 1.807) is 31.8 Å². The molecule has 0 atom stereocenters. The number of ether oxygens (including phenoxy) is 1. The molecule has 0 aliphatic heterocycles. The van der Waals surface area contributed by atoms with Crippen molar-refractivity contribution in [3.8, 4) is 17.0 Å². The van der Waals surface area contributed by atoms with Crippen molar-refractivity contribution in [3.05, 3.63) is 36.8 Å². The molecule has 2 rings (SSSR count). The molecule has 0 bridgehead atoms. The molecule has 0 unspecified atom stereocenters. The van der Waals surface area contributed by atoms with Gasteiger partial charge < -0.3 is 10.5 Å². The van der Waals surface area contributed by atoms with Crippen molar-refractivity contribution in [3.63, 3.8) is 0 Å². The van der Waals surface area contributed by atoms with Crippen molar-refractivity contribution < 1.29 is 4.74 Å². The summed E-state index contributed by atoms with van der Waals surface area (Å²) in [7, 11) is 1.57. The first-order valence-corrected chi connectivity index (χ1v) is 4.52. The van der Waals surface area contributed by atoms with E-state index >= 15 is 0 Å². The molecule has 0 fully saturated rings. The van der Waals surface area contributed by atoms with Crippen LogP contribution in [0.1, 0.15) is 0 Å². The van der Waals surface area contributed by atoms with Crippen molar-refractivity contribution in [2.24, 2.45) is 0 Å². The van der Waals surface area contributed by atoms with E-state index in [-0.39, 0.29) is 0 Å². The number of nitrogens with zero attached hydrogens (tertiary/aromatic N) is 2. The van der Waals surface area contributed by atoms with Gasteiger partial charge in [0.05, 0.1) is 12.7 Å². The third-order valence-corrected chi connectivity index (χ3v) is 2.09. The molecule has 4 nitrogen and oxygen atoms in total. The molecule has 0 saturated heterocycles. The van der Waals surface area contributed by atoms with Gasteiger partial charge in [0.1, 0.15) is 0 Å². The summed E-state index contributed by atoms with van der Waals surface area (Å²) in [6, 6.07) is 5.51. The van der Waals surface area contributed by atoms with Gasteiger partial charge in [-0.1, -0.05) is 6.07 Å². The first kappa shape index (κ1) is 9.45. The van der Waals surface area contributed by atoms with Crippen molar-refractivity contribution in [2.45, 2.75) is 0 Å². The van der Waals surface area contributed by atoms with Crippen LogP contribution in [-0.2, 0) is 0 Å². The number of methoxy groups -OCH3 is 1. The average molecular weight is 201 g/mol. The highest BCUT2D eigenvalue weighted by Crippen LogP contribution is 2.32. The normalized spacial score (nSPS) is 9.93. The summed E-state index contributed by atoms with van der Waals surface area (Å²) in [5.74, 6) is 0.517. The van der Waals surface area contributed by atoms with Crippen molar-refractivity contribution in [1.82, 2.24) is 9.97 Å². The molecular weight excluding hydrogens is 190 g/mol. The number of rotatable bonds is 2. The Bertz CT molecular complexity index is 457. The van der Waals surface area contributed by atoms with Crippen molar-refractivity contribution in [2.75, 3.05) is 12.8 Å². The van der Waals surface area contributed by atoms with Crippen LogP contribution in [0.15, 0.2) is 36.8 Å². The standard InChI is InChI=1S/C11H11N3O/c1-15-11-10(9(12)4-6-14-11)8-3-2-5-13-7-8/h2-7H,1H3,(H2,12,14). The van der Waals surface area contributed by atoms with E-state index in [4.69, 9.17) is 10.5 Å². The second kappa shape index (κ2) is 3.96. The highest BCUT2D eigenvalue weighted by atomic mass is 16.5. The Labute approximate surface area is 87.7 Å². The lowest BCUT2D eigenvalue weighted by atomic mass is 10.1. The summed E-state index contributed by atoms with van der Waals surface area (Å²) >= 11 is 0. The molecule has 0 spiro atoms. The highest BCUT2D eigenvalue weighted by molar-refractivity contribution is 5.79. The Morgan fingerprint density at radius 1 is 1.27 bits per heavy atom. The molecule has 0 aliphatic carbocycles. The lowest BCUT2D eigenvalue weighted by Gasteiger charge is -2.09. The van der Waals surface area contributed by atoms with E-state index in [1.807, 2.05) is 12.1 Å². The monoisotopic (exact) mass is 201 g/mol. The van der Waals surface area contributed by atoms with Crippen LogP contribution in [0.3, 0.4) is 0 Å². The van der Waals surface area contributed by atoms with Crippen LogP contribution in [0, 0.1) is 0 Å². The number of nitrogens with two attached hydrogens (primary N) is 1. The number of anilines is 1. The molecule has 4 heteroatoms. The topological polar surface area (TPSA) is 61.0 Å². The van der Waals surface area contributed by atoms with Crippen LogP contribution in [0.25, 0.3) is 11.1 Å². The minimum absolute atomic E-state index is 0.517. The van der Waals surface area contributed by atoms with Gasteiger partial charge in [-0.15, -0.1) is 0 Å². The Hall–Kier alpha value is -2.10. The van der Waals surface area contributed by atoms with Crippen molar-refractivity contribution >= 4 is 5.69 Å². The SMILES string of the molecule is COc1nccc(N)c1-c1cccnc1. The summed E-state index contributed by atoms with van der Waals surface area (Å²) in [5.41, 5.74) is 8.20. The van der Waals surface area contributed by atoms with Crippen LogP contribution in [-0.4, -0.2) is 17.1 Å². The van der Waals surface area contributed by atoms with Crippen LogP contribution in [0.5, 0.6) is 5.88 Å². The molecule has 2 N–H and O–H groups in total. The maximum Gasteiger partial charge on any atom is 0.223 e. The van der Waals surface area contributed by atoms with E-state index in [0.717, 1.165) is 11.1 Å². The lowest BCUT2D eigenvalue weighted by molar-refractivity contribution is 0.400. The minimum Gasteiger partial charge on any atom is -0.480 e. The van der Waals surface area contributed by atoms with E-state index in [9.17, 15) is 0 Å². The fourth-order valence-electron chi connectivity index (χ4n) is 1.41. The van der Waals surface area contributed by atoms with Crippen LogP contribution >= 0.6 is 0 Å². The zero-order valence-electron chi connectivity index (χ0n) is 8.34. The number of hydrogen-bond acceptors (Lipinski definition) is 4. The molecule has 2 heterocycles. The maximum absolute atomic E-state index is 5.88. The molecule has 15 heavy (non-hydrogen) atoms. The minimum atomic E-state index is 0.517. The fourth-order valence-corrected chi connectivity index (χ4v) is 1.41. The molecule has 2 aromatic rings. The zero-order valence-corrected chi connectivity index (χ0v) is 8.34. The molecule has 76 valence electrons. The van der Waals surface area contributed by atoms with Gasteiger partial charge in [-0.2, -0.15) is 0 Å². The van der Waals surface area contributed by atoms with Gasteiger partial charge in [-0.3, -0.25) is 4.98 Å². The smallest absolute Gasteiger partial charge is 0.223 e. The first-order valence-electron chi connectivity index (χ1n) is 4.52. The third-order valence-electron chi connectivity index (χ3n) is 2.09. The fraction of sp³-hybridized carbons (Fsp3) is 0.0909. The van der Waals surface area contributed by atoms with E-state index in [2.05, 4.69) is 9.97 Å². The number of aromatic nitrogens is 2. The van der Waals surface area contributed by atoms with E-state index in [1.165, 1.54) is 0 Å². The van der Waals surface area contributed by atoms with Gasteiger partial charge >= 0.3 is 0 Å². The molecule has 0 amide bonds. The van der Waals surface area contributed by atoms with Crippen LogP contribution < -0.4 is 10.5 Å². The quantitative estimate of drug-likeness (QED) is 0.803. The third kappa shape index (κ3) is 1.74. The van der Waals surface area contributed by atoms with Crippen LogP contribution in [0.2, 0.25) is 0 Å². The van der Waals surface area contributed by atoms with Gasteiger partial charge in [-0.25, -0.2) is 4.98 Å². The van der Waals surface area contributed by atoms with Crippen LogP contribution in [0.4, 0.5) is 5.69 Å². The Kier molecular flexibility index (Phi) is 2.49. The number of nitrogen functional groups attached to an aromatic ring is 1. The predicted molar refractivity (Wildman–Crippen MR) is 58.4 cm³/mol. The zero-order chi connectivity index (χ0) is 10.7. The first-order chi connectivity index (χ1) is 7.33. The van der Waals surface area contributed by atoms with Gasteiger partial charge in [0.2, 0.25) is 5.88 Å². The Morgan fingerprint density at radius 3 is 2.80 bits per heavy atom. The van der Waals surface area contributed by atoms with Gasteiger partial charge in [0.15, 0.2) is 0 Å². The van der Waals surface area contributed by atoms with E-state index < -0.39 is 0 Å². The second-order valence-corrected chi connectivity index (χ2v) is 3.03. The second-order valence-electron chi connectivity index (χ2n) is 3.03. The lowest BCUT2D eigenvalue weighted by Crippen LogP contribution is -1.96. The molecule has 0 saturated carbocycles. The summed E-state index contributed by atoms with van der Waals surface area (Å²) in [4.78, 5) is 8.14. The maximum atomic E-state index is 5.88. The van der Waals surface area contributed by atoms with Crippen molar-refractivity contribution in [1.29, 1.82) is 0 Å². The van der Waals surface area contributed by atoms with Gasteiger partial charge in [-0.05, 0) is 12.1 Å². The van der Waals surface area contributed by atoms with Gasteiger partial charge in [0.25, 0.3) is 0 Å². The highest BCUT2D eigenvalue weighted by Gasteiger charge is 2.10. The van der Waals surface area contributed by atoms with E-state index in [0.29, 0.717) is 11.6 Å².